The largest absolute Gasteiger partial charge is 0.293 e. The molecule has 2 heterocycles. The molecule has 3 aromatic rings. The molecule has 2 aromatic heterocycles. The third kappa shape index (κ3) is 2.59. The smallest absolute Gasteiger partial charge is 0.275 e. The second kappa shape index (κ2) is 5.56. The maximum absolute atomic E-state index is 11.5. The second-order valence-corrected chi connectivity index (χ2v) is 7.73. The van der Waals surface area contributed by atoms with Crippen molar-refractivity contribution in [2.75, 3.05) is 0 Å². The van der Waals surface area contributed by atoms with E-state index in [1.807, 2.05) is 27.7 Å². The molecule has 0 saturated carbocycles. The van der Waals surface area contributed by atoms with E-state index in [9.17, 15) is 10.1 Å². The van der Waals surface area contributed by atoms with Crippen molar-refractivity contribution in [2.24, 2.45) is 0 Å². The first-order valence-electron chi connectivity index (χ1n) is 7.92. The highest BCUT2D eigenvalue weighted by Gasteiger charge is 2.28. The number of fused-ring (bicyclic) bond motifs is 1. The lowest BCUT2D eigenvalue weighted by Crippen LogP contribution is -2.13. The fraction of sp³-hybridized carbons (Fsp3) is 0.412. The van der Waals surface area contributed by atoms with Crippen molar-refractivity contribution in [3.63, 3.8) is 0 Å². The molecule has 0 unspecified atom stereocenters. The number of aromatic nitrogens is 4. The van der Waals surface area contributed by atoms with Gasteiger partial charge < -0.3 is 0 Å². The van der Waals surface area contributed by atoms with Crippen LogP contribution in [0.25, 0.3) is 17.0 Å². The first-order chi connectivity index (χ1) is 11.5. The number of nitro benzene ring substituents is 1. The average Bonchev–Trinajstić information content (AvgIpc) is 2.99. The fourth-order valence-corrected chi connectivity index (χ4v) is 3.71. The van der Waals surface area contributed by atoms with Gasteiger partial charge in [0.15, 0.2) is 11.5 Å². The molecule has 0 fully saturated rings. The Labute approximate surface area is 150 Å². The van der Waals surface area contributed by atoms with Crippen LogP contribution in [0.1, 0.15) is 43.2 Å². The molecule has 0 aliphatic rings. The molecule has 3 rings (SSSR count). The molecule has 0 radical (unpaired) electrons. The molecule has 1 aromatic carbocycles. The Balaban J connectivity index is 2.35. The summed E-state index contributed by atoms with van der Waals surface area (Å²) in [4.78, 5) is 11.1. The highest BCUT2D eigenvalue weighted by atomic mass is 35.5. The third-order valence-electron chi connectivity index (χ3n) is 4.39. The minimum Gasteiger partial charge on any atom is -0.293 e. The maximum atomic E-state index is 11.5. The van der Waals surface area contributed by atoms with Gasteiger partial charge in [0.1, 0.15) is 5.02 Å². The molecule has 8 heteroatoms. The van der Waals surface area contributed by atoms with E-state index < -0.39 is 0 Å². The molecule has 0 aliphatic carbocycles. The Morgan fingerprint density at radius 2 is 1.84 bits per heavy atom. The normalized spacial score (nSPS) is 12.1. The maximum Gasteiger partial charge on any atom is 0.275 e. The van der Waals surface area contributed by atoms with Crippen molar-refractivity contribution in [3.05, 3.63) is 43.6 Å². The summed E-state index contributed by atoms with van der Waals surface area (Å²) in [5.41, 5.74) is 4.07. The summed E-state index contributed by atoms with van der Waals surface area (Å²) in [6, 6.07) is 1.80. The average molecular weight is 362 g/mol. The predicted molar refractivity (Wildman–Crippen MR) is 97.3 cm³/mol. The number of rotatable bonds is 2. The van der Waals surface area contributed by atoms with Crippen LogP contribution in [0.5, 0.6) is 0 Å². The summed E-state index contributed by atoms with van der Waals surface area (Å²) in [6.45, 7) is 11.5. The minimum absolute atomic E-state index is 0.103. The number of benzene rings is 1. The monoisotopic (exact) mass is 361 g/mol. The van der Waals surface area contributed by atoms with Gasteiger partial charge in [0.25, 0.3) is 5.69 Å². The van der Waals surface area contributed by atoms with Crippen LogP contribution in [-0.4, -0.2) is 24.7 Å². The summed E-state index contributed by atoms with van der Waals surface area (Å²) in [5, 5.41) is 23.7. The van der Waals surface area contributed by atoms with E-state index in [2.05, 4.69) is 15.3 Å². The van der Waals surface area contributed by atoms with E-state index in [4.69, 9.17) is 11.6 Å². The van der Waals surface area contributed by atoms with Crippen molar-refractivity contribution < 1.29 is 4.92 Å². The number of hydrogen-bond acceptors (Lipinski definition) is 4. The van der Waals surface area contributed by atoms with Crippen LogP contribution in [0, 0.1) is 30.9 Å². The SMILES string of the molecule is Cc1cc(C)c([N+](=O)[O-])c(C)c1-c1nnc2c(Cl)c(C(C)(C)C)[nH]n12. The lowest BCUT2D eigenvalue weighted by molar-refractivity contribution is -0.386. The topological polar surface area (TPSA) is 89.1 Å². The molecule has 0 bridgehead atoms. The van der Waals surface area contributed by atoms with Gasteiger partial charge in [0, 0.05) is 22.1 Å². The lowest BCUT2D eigenvalue weighted by Gasteiger charge is -2.16. The molecule has 0 spiro atoms. The van der Waals surface area contributed by atoms with Crippen LogP contribution in [0.15, 0.2) is 6.07 Å². The highest BCUT2D eigenvalue weighted by molar-refractivity contribution is 6.34. The second-order valence-electron chi connectivity index (χ2n) is 7.35. The number of nitrogens with one attached hydrogen (secondary N) is 1. The minimum atomic E-state index is -0.353. The Morgan fingerprint density at radius 3 is 2.40 bits per heavy atom. The van der Waals surface area contributed by atoms with Gasteiger partial charge in [-0.2, -0.15) is 0 Å². The number of H-pyrrole nitrogens is 1. The van der Waals surface area contributed by atoms with Gasteiger partial charge in [0.05, 0.1) is 10.6 Å². The zero-order valence-corrected chi connectivity index (χ0v) is 15.8. The summed E-state index contributed by atoms with van der Waals surface area (Å²) < 4.78 is 1.71. The zero-order valence-electron chi connectivity index (χ0n) is 15.1. The predicted octanol–water partition coefficient (Wildman–Crippen LogP) is 4.51. The first-order valence-corrected chi connectivity index (χ1v) is 8.30. The van der Waals surface area contributed by atoms with Gasteiger partial charge in [-0.3, -0.25) is 15.2 Å². The number of aryl methyl sites for hydroxylation is 2. The summed E-state index contributed by atoms with van der Waals surface area (Å²) in [7, 11) is 0. The number of nitro groups is 1. The Bertz CT molecular complexity index is 1010. The molecule has 1 N–H and O–H groups in total. The molecular weight excluding hydrogens is 342 g/mol. The quantitative estimate of drug-likeness (QED) is 0.537. The summed E-state index contributed by atoms with van der Waals surface area (Å²) in [6.07, 6.45) is 0. The van der Waals surface area contributed by atoms with Crippen LogP contribution in [0.3, 0.4) is 0 Å². The van der Waals surface area contributed by atoms with Gasteiger partial charge in [0.2, 0.25) is 0 Å². The lowest BCUT2D eigenvalue weighted by atomic mass is 9.92. The highest BCUT2D eigenvalue weighted by Crippen LogP contribution is 2.37. The van der Waals surface area contributed by atoms with E-state index in [1.165, 1.54) is 0 Å². The Kier molecular flexibility index (Phi) is 3.87. The zero-order chi connectivity index (χ0) is 18.7. The van der Waals surface area contributed by atoms with Crippen molar-refractivity contribution >= 4 is 22.9 Å². The van der Waals surface area contributed by atoms with Crippen molar-refractivity contribution in [1.82, 2.24) is 19.8 Å². The molecule has 0 saturated heterocycles. The van der Waals surface area contributed by atoms with E-state index in [-0.39, 0.29) is 16.0 Å². The van der Waals surface area contributed by atoms with E-state index in [0.29, 0.717) is 33.2 Å². The number of aromatic amines is 1. The van der Waals surface area contributed by atoms with Crippen LogP contribution < -0.4 is 0 Å². The van der Waals surface area contributed by atoms with Crippen LogP contribution >= 0.6 is 11.6 Å². The van der Waals surface area contributed by atoms with Crippen LogP contribution in [0.4, 0.5) is 5.69 Å². The number of hydrogen-bond donors (Lipinski definition) is 1. The molecule has 0 amide bonds. The molecule has 0 aliphatic heterocycles. The molecular formula is C17H20ClN5O2. The van der Waals surface area contributed by atoms with Crippen LogP contribution in [0.2, 0.25) is 5.02 Å². The molecule has 0 atom stereocenters. The molecule has 132 valence electrons. The van der Waals surface area contributed by atoms with Gasteiger partial charge in [-0.25, -0.2) is 4.52 Å². The molecule has 25 heavy (non-hydrogen) atoms. The number of nitrogens with zero attached hydrogens (tertiary/aromatic N) is 4. The Hall–Kier alpha value is -2.41. The van der Waals surface area contributed by atoms with Gasteiger partial charge >= 0.3 is 0 Å². The summed E-state index contributed by atoms with van der Waals surface area (Å²) in [5.74, 6) is 0.519. The van der Waals surface area contributed by atoms with Gasteiger partial charge in [-0.05, 0) is 32.4 Å². The van der Waals surface area contributed by atoms with Crippen molar-refractivity contribution in [2.45, 2.75) is 47.0 Å². The van der Waals surface area contributed by atoms with Crippen molar-refractivity contribution in [1.29, 1.82) is 0 Å². The van der Waals surface area contributed by atoms with E-state index >= 15 is 0 Å². The molecule has 7 nitrogen and oxygen atoms in total. The third-order valence-corrected chi connectivity index (χ3v) is 4.75. The fourth-order valence-electron chi connectivity index (χ4n) is 3.26. The van der Waals surface area contributed by atoms with E-state index in [1.54, 1.807) is 24.4 Å². The van der Waals surface area contributed by atoms with Gasteiger partial charge in [-0.1, -0.05) is 32.4 Å². The van der Waals surface area contributed by atoms with Crippen LogP contribution in [-0.2, 0) is 5.41 Å². The van der Waals surface area contributed by atoms with E-state index in [0.717, 1.165) is 11.3 Å². The standard InChI is InChI=1S/C17H20ClN5O2/c1-8-7-9(2)13(23(24)25)10(3)11(8)15-19-20-16-12(18)14(17(4,5)6)21-22(15)16/h7,21H,1-6H3. The van der Waals surface area contributed by atoms with Gasteiger partial charge in [-0.15, -0.1) is 10.2 Å². The number of halogens is 1. The summed E-state index contributed by atoms with van der Waals surface area (Å²) >= 11 is 6.47. The first kappa shape index (κ1) is 17.4. The Morgan fingerprint density at radius 1 is 1.20 bits per heavy atom. The van der Waals surface area contributed by atoms with Crippen molar-refractivity contribution in [3.8, 4) is 11.4 Å².